The van der Waals surface area contributed by atoms with Crippen molar-refractivity contribution in [2.75, 3.05) is 26.2 Å². The highest BCUT2D eigenvalue weighted by atomic mass is 16.5. The molecule has 2 aromatic rings. The maximum Gasteiger partial charge on any atom is 0.257 e. The van der Waals surface area contributed by atoms with Crippen molar-refractivity contribution in [3.05, 3.63) is 59.7 Å². The van der Waals surface area contributed by atoms with Gasteiger partial charge in [-0.3, -0.25) is 9.59 Å². The Morgan fingerprint density at radius 1 is 0.897 bits per heavy atom. The summed E-state index contributed by atoms with van der Waals surface area (Å²) >= 11 is 0. The Hall–Kier alpha value is -3.02. The fourth-order valence-electron chi connectivity index (χ4n) is 5.97. The normalized spacial score (nSPS) is 21.1. The molecule has 4 rings (SSSR count). The van der Waals surface area contributed by atoms with Gasteiger partial charge in [0.25, 0.3) is 5.91 Å². The molecule has 0 bridgehead atoms. The molecule has 1 heterocycles. The highest BCUT2D eigenvalue weighted by molar-refractivity contribution is 5.97. The Kier molecular flexibility index (Phi) is 11.1. The Bertz CT molecular complexity index is 1050. The lowest BCUT2D eigenvalue weighted by Crippen LogP contribution is -2.51. The number of nitrogens with zero attached hydrogens (tertiary/aromatic N) is 2. The molecule has 0 spiro atoms. The minimum Gasteiger partial charge on any atom is -0.494 e. The summed E-state index contributed by atoms with van der Waals surface area (Å²) in [7, 11) is 0. The van der Waals surface area contributed by atoms with Gasteiger partial charge >= 0.3 is 0 Å². The lowest BCUT2D eigenvalue weighted by molar-refractivity contribution is -0.136. The van der Waals surface area contributed by atoms with E-state index < -0.39 is 0 Å². The van der Waals surface area contributed by atoms with Crippen LogP contribution in [0.25, 0.3) is 0 Å². The van der Waals surface area contributed by atoms with Crippen LogP contribution in [0, 0.1) is 0 Å². The number of carbonyl (C=O) groups is 2. The van der Waals surface area contributed by atoms with Gasteiger partial charge in [-0.2, -0.15) is 0 Å². The Balaban J connectivity index is 1.59. The van der Waals surface area contributed by atoms with Gasteiger partial charge in [0.05, 0.1) is 24.6 Å². The minimum absolute atomic E-state index is 0.00831. The summed E-state index contributed by atoms with van der Waals surface area (Å²) in [6, 6.07) is 15.6. The second-order valence-electron chi connectivity index (χ2n) is 10.9. The average Bonchev–Trinajstić information content (AvgIpc) is 2.95. The average molecular weight is 535 g/mol. The number of benzene rings is 2. The third-order valence-electron chi connectivity index (χ3n) is 7.98. The molecule has 2 atom stereocenters. The zero-order valence-electron chi connectivity index (χ0n) is 23.9. The van der Waals surface area contributed by atoms with E-state index in [1.54, 1.807) is 0 Å². The van der Waals surface area contributed by atoms with Gasteiger partial charge in [-0.25, -0.2) is 0 Å². The topological polar surface area (TPSA) is 59.1 Å². The number of fused-ring (bicyclic) bond motifs is 2. The first-order valence-corrected chi connectivity index (χ1v) is 15.2. The molecule has 6 nitrogen and oxygen atoms in total. The van der Waals surface area contributed by atoms with E-state index in [1.807, 2.05) is 60.4 Å². The SMILES string of the molecule is CCCN1CCCCCCCN(C(=O)Cc2ccc(OCC)cc2)[C@@H]2CCCC[C@@H]2Oc2ccccc2C1=O. The maximum atomic E-state index is 13.8. The fourth-order valence-corrected chi connectivity index (χ4v) is 5.97. The van der Waals surface area contributed by atoms with Gasteiger partial charge in [-0.1, -0.05) is 56.9 Å². The molecule has 1 saturated carbocycles. The van der Waals surface area contributed by atoms with Crippen LogP contribution in [-0.2, 0) is 11.2 Å². The highest BCUT2D eigenvalue weighted by Crippen LogP contribution is 2.31. The highest BCUT2D eigenvalue weighted by Gasteiger charge is 2.35. The van der Waals surface area contributed by atoms with E-state index in [4.69, 9.17) is 9.47 Å². The van der Waals surface area contributed by atoms with E-state index in [-0.39, 0.29) is 24.0 Å². The summed E-state index contributed by atoms with van der Waals surface area (Å²) in [4.78, 5) is 31.6. The number of amides is 2. The first-order valence-electron chi connectivity index (χ1n) is 15.2. The van der Waals surface area contributed by atoms with Crippen molar-refractivity contribution < 1.29 is 19.1 Å². The molecule has 1 aliphatic heterocycles. The third-order valence-corrected chi connectivity index (χ3v) is 7.98. The van der Waals surface area contributed by atoms with E-state index in [9.17, 15) is 9.59 Å². The number of hydrogen-bond acceptors (Lipinski definition) is 4. The van der Waals surface area contributed by atoms with Crippen LogP contribution >= 0.6 is 0 Å². The molecule has 0 radical (unpaired) electrons. The summed E-state index contributed by atoms with van der Waals surface area (Å²) in [5, 5.41) is 0. The van der Waals surface area contributed by atoms with Crippen LogP contribution in [0.5, 0.6) is 11.5 Å². The van der Waals surface area contributed by atoms with Crippen molar-refractivity contribution in [3.8, 4) is 11.5 Å². The molecule has 0 saturated heterocycles. The second-order valence-corrected chi connectivity index (χ2v) is 10.9. The van der Waals surface area contributed by atoms with Gasteiger partial charge in [0.1, 0.15) is 17.6 Å². The van der Waals surface area contributed by atoms with Crippen molar-refractivity contribution in [1.82, 2.24) is 9.80 Å². The molecule has 0 aromatic heterocycles. The van der Waals surface area contributed by atoms with Crippen LogP contribution in [0.15, 0.2) is 48.5 Å². The quantitative estimate of drug-likeness (QED) is 0.416. The number of rotatable bonds is 6. The van der Waals surface area contributed by atoms with Gasteiger partial charge in [0.15, 0.2) is 0 Å². The molecular formula is C33H46N2O4. The van der Waals surface area contributed by atoms with E-state index in [2.05, 4.69) is 11.8 Å². The summed E-state index contributed by atoms with van der Waals surface area (Å²) in [6.45, 7) is 7.00. The maximum absolute atomic E-state index is 13.8. The summed E-state index contributed by atoms with van der Waals surface area (Å²) in [5.41, 5.74) is 1.64. The predicted octanol–water partition coefficient (Wildman–Crippen LogP) is 6.66. The van der Waals surface area contributed by atoms with Crippen molar-refractivity contribution >= 4 is 11.8 Å². The Labute approximate surface area is 234 Å². The monoisotopic (exact) mass is 534 g/mol. The van der Waals surface area contributed by atoms with Crippen LogP contribution in [0.1, 0.15) is 94.0 Å². The molecule has 2 amide bonds. The number of ether oxygens (including phenoxy) is 2. The zero-order valence-corrected chi connectivity index (χ0v) is 23.9. The van der Waals surface area contributed by atoms with E-state index >= 15 is 0 Å². The number of hydrogen-bond donors (Lipinski definition) is 0. The van der Waals surface area contributed by atoms with Crippen molar-refractivity contribution in [2.24, 2.45) is 0 Å². The van der Waals surface area contributed by atoms with Crippen LogP contribution in [0.3, 0.4) is 0 Å². The Morgan fingerprint density at radius 2 is 1.62 bits per heavy atom. The fraction of sp³-hybridized carbons (Fsp3) is 0.576. The first-order chi connectivity index (χ1) is 19.1. The number of carbonyl (C=O) groups excluding carboxylic acids is 2. The molecule has 0 unspecified atom stereocenters. The molecule has 1 fully saturated rings. The van der Waals surface area contributed by atoms with Crippen molar-refractivity contribution in [1.29, 1.82) is 0 Å². The lowest BCUT2D eigenvalue weighted by atomic mass is 9.90. The molecule has 212 valence electrons. The molecule has 39 heavy (non-hydrogen) atoms. The van der Waals surface area contributed by atoms with Gasteiger partial charge in [-0.15, -0.1) is 0 Å². The predicted molar refractivity (Wildman–Crippen MR) is 155 cm³/mol. The summed E-state index contributed by atoms with van der Waals surface area (Å²) < 4.78 is 12.3. The van der Waals surface area contributed by atoms with E-state index in [0.717, 1.165) is 95.2 Å². The molecule has 2 aliphatic rings. The molecular weight excluding hydrogens is 488 g/mol. The molecule has 2 aromatic carbocycles. The third kappa shape index (κ3) is 8.00. The zero-order chi connectivity index (χ0) is 27.5. The van der Waals surface area contributed by atoms with Gasteiger partial charge < -0.3 is 19.3 Å². The van der Waals surface area contributed by atoms with Gasteiger partial charge in [0, 0.05) is 19.6 Å². The molecule has 6 heteroatoms. The molecule has 1 aliphatic carbocycles. The smallest absolute Gasteiger partial charge is 0.257 e. The first kappa shape index (κ1) is 29.0. The standard InChI is InChI=1S/C33H46N2O4/c1-3-22-34-23-12-6-5-7-13-24-35(32(36)25-26-18-20-27(21-19-26)38-4-2)29-15-9-11-17-31(29)39-30-16-10-8-14-28(30)33(34)37/h8,10,14,16,18-21,29,31H,3-7,9,11-13,15,17,22-25H2,1-2H3/t29-,31+/m1/s1. The van der Waals surface area contributed by atoms with Gasteiger partial charge in [0.2, 0.25) is 5.91 Å². The van der Waals surface area contributed by atoms with E-state index in [1.165, 1.54) is 0 Å². The molecule has 0 N–H and O–H groups in total. The second kappa shape index (κ2) is 14.9. The van der Waals surface area contributed by atoms with Crippen molar-refractivity contribution in [2.45, 2.75) is 96.6 Å². The minimum atomic E-state index is -0.123. The van der Waals surface area contributed by atoms with Crippen LogP contribution < -0.4 is 9.47 Å². The Morgan fingerprint density at radius 3 is 2.38 bits per heavy atom. The number of para-hydroxylation sites is 1. The van der Waals surface area contributed by atoms with Crippen LogP contribution in [0.2, 0.25) is 0 Å². The van der Waals surface area contributed by atoms with Crippen molar-refractivity contribution in [3.63, 3.8) is 0 Å². The van der Waals surface area contributed by atoms with E-state index in [0.29, 0.717) is 24.3 Å². The lowest BCUT2D eigenvalue weighted by Gasteiger charge is -2.40. The van der Waals surface area contributed by atoms with Crippen LogP contribution in [-0.4, -0.2) is 60.0 Å². The largest absolute Gasteiger partial charge is 0.494 e. The van der Waals surface area contributed by atoms with Gasteiger partial charge in [-0.05, 0) is 75.3 Å². The summed E-state index contributed by atoms with van der Waals surface area (Å²) in [5.74, 6) is 1.68. The summed E-state index contributed by atoms with van der Waals surface area (Å²) in [6.07, 6.45) is 10.5. The van der Waals surface area contributed by atoms with Crippen LogP contribution in [0.4, 0.5) is 0 Å².